The number of hydrogen-bond donors (Lipinski definition) is 2. The van der Waals surface area contributed by atoms with Gasteiger partial charge in [0.1, 0.15) is 12.3 Å². The van der Waals surface area contributed by atoms with Gasteiger partial charge in [-0.3, -0.25) is 9.59 Å². The summed E-state index contributed by atoms with van der Waals surface area (Å²) in [7, 11) is 0. The molecule has 1 amide bonds. The van der Waals surface area contributed by atoms with Gasteiger partial charge in [-0.05, 0) is 25.1 Å². The Morgan fingerprint density at radius 3 is 2.67 bits per heavy atom. The van der Waals surface area contributed by atoms with Crippen molar-refractivity contribution in [3.05, 3.63) is 28.2 Å². The van der Waals surface area contributed by atoms with E-state index in [2.05, 4.69) is 5.32 Å². The molecular weight excluding hydrogens is 281 g/mol. The van der Waals surface area contributed by atoms with Crippen molar-refractivity contribution in [1.82, 2.24) is 5.32 Å². The molecule has 7 heteroatoms. The third-order valence-electron chi connectivity index (χ3n) is 1.98. The molecule has 0 aliphatic carbocycles. The predicted octanol–water partition coefficient (Wildman–Crippen LogP) is 1.96. The van der Waals surface area contributed by atoms with E-state index >= 15 is 0 Å². The highest BCUT2D eigenvalue weighted by Gasteiger charge is 2.16. The molecule has 0 saturated carbocycles. The molecule has 1 aromatic carbocycles. The molecule has 1 aromatic rings. The van der Waals surface area contributed by atoms with E-state index in [1.807, 2.05) is 0 Å². The van der Waals surface area contributed by atoms with Crippen LogP contribution in [-0.2, 0) is 9.59 Å². The SMILES string of the molecule is CC(Oc1ccc(Cl)cc1Cl)C(=O)NCC(=O)O. The van der Waals surface area contributed by atoms with Crippen LogP contribution in [0.2, 0.25) is 10.0 Å². The van der Waals surface area contributed by atoms with E-state index in [0.29, 0.717) is 10.8 Å². The number of amides is 1. The molecule has 2 N–H and O–H groups in total. The molecule has 0 aliphatic heterocycles. The first-order valence-corrected chi connectivity index (χ1v) is 5.77. The van der Waals surface area contributed by atoms with Gasteiger partial charge in [0.25, 0.3) is 5.91 Å². The first-order valence-electron chi connectivity index (χ1n) is 5.01. The van der Waals surface area contributed by atoms with E-state index < -0.39 is 24.5 Å². The summed E-state index contributed by atoms with van der Waals surface area (Å²) in [5.74, 6) is -1.36. The largest absolute Gasteiger partial charge is 0.480 e. The fourth-order valence-electron chi connectivity index (χ4n) is 1.12. The molecule has 1 atom stereocenters. The van der Waals surface area contributed by atoms with Crippen LogP contribution in [0.4, 0.5) is 0 Å². The lowest BCUT2D eigenvalue weighted by molar-refractivity contribution is -0.139. The van der Waals surface area contributed by atoms with E-state index in [1.54, 1.807) is 6.07 Å². The molecule has 0 radical (unpaired) electrons. The van der Waals surface area contributed by atoms with E-state index in [-0.39, 0.29) is 5.02 Å². The van der Waals surface area contributed by atoms with Gasteiger partial charge in [-0.2, -0.15) is 0 Å². The monoisotopic (exact) mass is 291 g/mol. The van der Waals surface area contributed by atoms with Crippen LogP contribution in [0.1, 0.15) is 6.92 Å². The van der Waals surface area contributed by atoms with Crippen LogP contribution in [0.15, 0.2) is 18.2 Å². The number of ether oxygens (including phenoxy) is 1. The lowest BCUT2D eigenvalue weighted by Gasteiger charge is -2.15. The number of aliphatic carboxylic acids is 1. The van der Waals surface area contributed by atoms with E-state index in [0.717, 1.165) is 0 Å². The van der Waals surface area contributed by atoms with Gasteiger partial charge in [0.05, 0.1) is 5.02 Å². The van der Waals surface area contributed by atoms with E-state index in [1.165, 1.54) is 19.1 Å². The maximum absolute atomic E-state index is 11.5. The Labute approximate surface area is 114 Å². The molecule has 1 rings (SSSR count). The number of benzene rings is 1. The van der Waals surface area contributed by atoms with Crippen molar-refractivity contribution in [3.8, 4) is 5.75 Å². The average molecular weight is 292 g/mol. The molecule has 0 aromatic heterocycles. The van der Waals surface area contributed by atoms with Crippen molar-refractivity contribution in [3.63, 3.8) is 0 Å². The third-order valence-corrected chi connectivity index (χ3v) is 2.51. The highest BCUT2D eigenvalue weighted by molar-refractivity contribution is 6.35. The summed E-state index contributed by atoms with van der Waals surface area (Å²) in [6.45, 7) is 1.03. The van der Waals surface area contributed by atoms with Gasteiger partial charge in [-0.1, -0.05) is 23.2 Å². The number of rotatable bonds is 5. The molecular formula is C11H11Cl2NO4. The Hall–Kier alpha value is -1.46. The quantitative estimate of drug-likeness (QED) is 0.870. The maximum Gasteiger partial charge on any atom is 0.322 e. The standard InChI is InChI=1S/C11H11Cl2NO4/c1-6(11(17)14-5-10(15)16)18-9-3-2-7(12)4-8(9)13/h2-4,6H,5H2,1H3,(H,14,17)(H,15,16). The fourth-order valence-corrected chi connectivity index (χ4v) is 1.57. The van der Waals surface area contributed by atoms with Gasteiger partial charge in [0, 0.05) is 5.02 Å². The van der Waals surface area contributed by atoms with Gasteiger partial charge >= 0.3 is 5.97 Å². The van der Waals surface area contributed by atoms with Crippen LogP contribution in [0.5, 0.6) is 5.75 Å². The minimum absolute atomic E-state index is 0.278. The molecule has 0 spiro atoms. The minimum Gasteiger partial charge on any atom is -0.480 e. The summed E-state index contributed by atoms with van der Waals surface area (Å²) in [6.07, 6.45) is -0.858. The molecule has 0 saturated heterocycles. The first kappa shape index (κ1) is 14.6. The molecule has 0 aliphatic rings. The highest BCUT2D eigenvalue weighted by Crippen LogP contribution is 2.28. The molecule has 0 bridgehead atoms. The van der Waals surface area contributed by atoms with Crippen molar-refractivity contribution in [2.45, 2.75) is 13.0 Å². The van der Waals surface area contributed by atoms with Crippen LogP contribution in [-0.4, -0.2) is 29.6 Å². The predicted molar refractivity (Wildman–Crippen MR) is 67.2 cm³/mol. The zero-order valence-electron chi connectivity index (χ0n) is 9.44. The van der Waals surface area contributed by atoms with Gasteiger partial charge in [0.15, 0.2) is 6.10 Å². The van der Waals surface area contributed by atoms with Crippen molar-refractivity contribution in [2.24, 2.45) is 0 Å². The third kappa shape index (κ3) is 4.43. The number of carboxylic acid groups (broad SMARTS) is 1. The Bertz CT molecular complexity index is 464. The van der Waals surface area contributed by atoms with Crippen LogP contribution >= 0.6 is 23.2 Å². The maximum atomic E-state index is 11.5. The van der Waals surface area contributed by atoms with Crippen molar-refractivity contribution >= 4 is 35.1 Å². The molecule has 18 heavy (non-hydrogen) atoms. The van der Waals surface area contributed by atoms with Crippen LogP contribution in [0.25, 0.3) is 0 Å². The summed E-state index contributed by atoms with van der Waals surface area (Å²) in [5, 5.41) is 11.3. The number of hydrogen-bond acceptors (Lipinski definition) is 3. The number of carbonyl (C=O) groups excluding carboxylic acids is 1. The average Bonchev–Trinajstić information content (AvgIpc) is 2.29. The Morgan fingerprint density at radius 2 is 2.11 bits per heavy atom. The molecule has 0 fully saturated rings. The summed E-state index contributed by atoms with van der Waals surface area (Å²) in [6, 6.07) is 4.59. The van der Waals surface area contributed by atoms with Crippen molar-refractivity contribution in [1.29, 1.82) is 0 Å². The van der Waals surface area contributed by atoms with Gasteiger partial charge < -0.3 is 15.2 Å². The number of carbonyl (C=O) groups is 2. The Kier molecular flexibility index (Phi) is 5.25. The molecule has 0 heterocycles. The normalized spacial score (nSPS) is 11.7. The summed E-state index contributed by atoms with van der Waals surface area (Å²) >= 11 is 11.6. The second-order valence-corrected chi connectivity index (χ2v) is 4.29. The molecule has 98 valence electrons. The lowest BCUT2D eigenvalue weighted by Crippen LogP contribution is -2.39. The van der Waals surface area contributed by atoms with Gasteiger partial charge in [-0.15, -0.1) is 0 Å². The van der Waals surface area contributed by atoms with Crippen LogP contribution in [0, 0.1) is 0 Å². The summed E-state index contributed by atoms with van der Waals surface area (Å²) < 4.78 is 5.30. The van der Waals surface area contributed by atoms with Gasteiger partial charge in [-0.25, -0.2) is 0 Å². The van der Waals surface area contributed by atoms with E-state index in [4.69, 9.17) is 33.0 Å². The van der Waals surface area contributed by atoms with Crippen LogP contribution < -0.4 is 10.1 Å². The van der Waals surface area contributed by atoms with Crippen molar-refractivity contribution in [2.75, 3.05) is 6.54 Å². The van der Waals surface area contributed by atoms with Gasteiger partial charge in [0.2, 0.25) is 0 Å². The minimum atomic E-state index is -1.12. The lowest BCUT2D eigenvalue weighted by atomic mass is 10.3. The highest BCUT2D eigenvalue weighted by atomic mass is 35.5. The van der Waals surface area contributed by atoms with E-state index in [9.17, 15) is 9.59 Å². The number of carboxylic acids is 1. The summed E-state index contributed by atoms with van der Waals surface area (Å²) in [4.78, 5) is 21.7. The zero-order valence-corrected chi connectivity index (χ0v) is 11.0. The topological polar surface area (TPSA) is 75.6 Å². The molecule has 1 unspecified atom stereocenters. The smallest absolute Gasteiger partial charge is 0.322 e. The Balaban J connectivity index is 2.60. The second-order valence-electron chi connectivity index (χ2n) is 3.45. The van der Waals surface area contributed by atoms with Crippen LogP contribution in [0.3, 0.4) is 0 Å². The first-order chi connectivity index (χ1) is 8.40. The second kappa shape index (κ2) is 6.47. The number of halogens is 2. The molecule has 5 nitrogen and oxygen atoms in total. The fraction of sp³-hybridized carbons (Fsp3) is 0.273. The zero-order chi connectivity index (χ0) is 13.7. The summed E-state index contributed by atoms with van der Waals surface area (Å²) in [5.41, 5.74) is 0. The van der Waals surface area contributed by atoms with Crippen molar-refractivity contribution < 1.29 is 19.4 Å². The number of nitrogens with one attached hydrogen (secondary N) is 1. The Morgan fingerprint density at radius 1 is 1.44 bits per heavy atom.